The summed E-state index contributed by atoms with van der Waals surface area (Å²) in [4.78, 5) is 45.7. The minimum Gasteiger partial charge on any atom is -0.325 e. The van der Waals surface area contributed by atoms with Gasteiger partial charge in [-0.05, 0) is 12.5 Å². The zero-order valence-electron chi connectivity index (χ0n) is 17.6. The van der Waals surface area contributed by atoms with E-state index in [0.717, 1.165) is 4.57 Å². The number of aromatic nitrogens is 5. The van der Waals surface area contributed by atoms with Gasteiger partial charge in [-0.2, -0.15) is 4.99 Å². The Kier molecular flexibility index (Phi) is 5.99. The van der Waals surface area contributed by atoms with Crippen molar-refractivity contribution in [2.45, 2.75) is 25.9 Å². The van der Waals surface area contributed by atoms with E-state index in [1.165, 1.54) is 35.3 Å². The van der Waals surface area contributed by atoms with Crippen LogP contribution in [0.4, 0.5) is 4.39 Å². The molecule has 0 N–H and O–H groups in total. The number of amides is 1. The Morgan fingerprint density at radius 1 is 1.16 bits per heavy atom. The molecule has 0 aliphatic heterocycles. The van der Waals surface area contributed by atoms with Gasteiger partial charge in [-0.25, -0.2) is 14.2 Å². The number of fused-ring (bicyclic) bond motifs is 1. The third-order valence-electron chi connectivity index (χ3n) is 5.19. The minimum atomic E-state index is -0.443. The molecule has 0 spiro atoms. The summed E-state index contributed by atoms with van der Waals surface area (Å²) < 4.78 is 19.7. The van der Waals surface area contributed by atoms with E-state index in [1.54, 1.807) is 46.0 Å². The first kappa shape index (κ1) is 21.6. The highest BCUT2D eigenvalue weighted by Gasteiger charge is 2.14. The molecule has 0 radical (unpaired) electrons. The Labute approximate surface area is 185 Å². The topological polar surface area (TPSA) is 96.2 Å². The maximum absolute atomic E-state index is 13.9. The molecule has 0 saturated heterocycles. The van der Waals surface area contributed by atoms with E-state index in [0.29, 0.717) is 34.5 Å². The van der Waals surface area contributed by atoms with Crippen molar-refractivity contribution in [2.24, 2.45) is 19.1 Å². The molecule has 32 heavy (non-hydrogen) atoms. The fraction of sp³-hybridized carbons (Fsp3) is 0.286. The summed E-state index contributed by atoms with van der Waals surface area (Å²) in [6.45, 7) is 0.663. The highest BCUT2D eigenvalue weighted by molar-refractivity contribution is 7.07. The number of aryl methyl sites for hydroxylation is 2. The van der Waals surface area contributed by atoms with Crippen LogP contribution >= 0.6 is 11.3 Å². The molecule has 0 unspecified atom stereocenters. The van der Waals surface area contributed by atoms with Crippen molar-refractivity contribution in [3.8, 4) is 0 Å². The lowest BCUT2D eigenvalue weighted by molar-refractivity contribution is -0.118. The lowest BCUT2D eigenvalue weighted by Gasteiger charge is -2.06. The molecule has 1 amide bonds. The maximum Gasteiger partial charge on any atom is 0.332 e. The van der Waals surface area contributed by atoms with Gasteiger partial charge in [-0.1, -0.05) is 18.2 Å². The molecule has 0 aliphatic carbocycles. The van der Waals surface area contributed by atoms with Gasteiger partial charge < -0.3 is 9.13 Å². The molecule has 0 bridgehead atoms. The fourth-order valence-corrected chi connectivity index (χ4v) is 4.19. The number of benzene rings is 1. The summed E-state index contributed by atoms with van der Waals surface area (Å²) in [5.41, 5.74) is 0.273. The zero-order chi connectivity index (χ0) is 22.8. The van der Waals surface area contributed by atoms with Gasteiger partial charge in [0.05, 0.1) is 12.9 Å². The molecule has 3 aromatic heterocycles. The van der Waals surface area contributed by atoms with Crippen LogP contribution < -0.4 is 16.1 Å². The number of halogens is 1. The van der Waals surface area contributed by atoms with Gasteiger partial charge in [0.1, 0.15) is 5.82 Å². The molecular formula is C21H21FN6O3S. The van der Waals surface area contributed by atoms with E-state index in [4.69, 9.17) is 0 Å². The summed E-state index contributed by atoms with van der Waals surface area (Å²) in [5.74, 6) is -0.612. The predicted molar refractivity (Wildman–Crippen MR) is 118 cm³/mol. The fourth-order valence-electron chi connectivity index (χ4n) is 3.45. The number of hydrogen-bond acceptors (Lipinski definition) is 5. The van der Waals surface area contributed by atoms with E-state index >= 15 is 0 Å². The van der Waals surface area contributed by atoms with Crippen molar-refractivity contribution in [2.75, 3.05) is 0 Å². The lowest BCUT2D eigenvalue weighted by atomic mass is 10.2. The Bertz CT molecular complexity index is 1490. The molecule has 4 aromatic rings. The highest BCUT2D eigenvalue weighted by Crippen LogP contribution is 2.09. The molecule has 9 nitrogen and oxygen atoms in total. The van der Waals surface area contributed by atoms with Gasteiger partial charge in [0.25, 0.3) is 5.56 Å². The smallest absolute Gasteiger partial charge is 0.325 e. The molecule has 1 aromatic carbocycles. The predicted octanol–water partition coefficient (Wildman–Crippen LogP) is 1.39. The standard InChI is InChI=1S/C21H21FN6O3S/c1-25-18-17(19(30)26(2)21(25)31)28(13-23-18)9-5-8-16(29)24-20-27(10-11-32-20)12-14-6-3-4-7-15(14)22/h3-4,6-7,10-11,13H,5,8-9,12H2,1-2H3. The number of carbonyl (C=O) groups excluding carboxylic acids is 1. The summed E-state index contributed by atoms with van der Waals surface area (Å²) in [5, 5.41) is 1.80. The SMILES string of the molecule is Cn1c(=O)c2c(ncn2CCCC(=O)N=c2sccn2Cc2ccccc2F)n(C)c1=O. The largest absolute Gasteiger partial charge is 0.332 e. The van der Waals surface area contributed by atoms with E-state index in [1.807, 2.05) is 0 Å². The molecular weight excluding hydrogens is 435 g/mol. The zero-order valence-corrected chi connectivity index (χ0v) is 18.4. The Hall–Kier alpha value is -3.60. The first-order valence-corrected chi connectivity index (χ1v) is 10.8. The van der Waals surface area contributed by atoms with Crippen molar-refractivity contribution in [3.05, 3.63) is 79.2 Å². The Balaban J connectivity index is 1.47. The monoisotopic (exact) mass is 456 g/mol. The lowest BCUT2D eigenvalue weighted by Crippen LogP contribution is -2.37. The Morgan fingerprint density at radius 2 is 1.94 bits per heavy atom. The average molecular weight is 457 g/mol. The van der Waals surface area contributed by atoms with Gasteiger partial charge in [-0.3, -0.25) is 18.7 Å². The molecule has 11 heteroatoms. The number of hydrogen-bond donors (Lipinski definition) is 0. The van der Waals surface area contributed by atoms with Gasteiger partial charge >= 0.3 is 5.69 Å². The molecule has 0 saturated carbocycles. The van der Waals surface area contributed by atoms with Crippen LogP contribution in [0.15, 0.2) is 56.8 Å². The normalized spacial score (nSPS) is 12.0. The van der Waals surface area contributed by atoms with Crippen LogP contribution in [0.1, 0.15) is 18.4 Å². The number of rotatable bonds is 6. The quantitative estimate of drug-likeness (QED) is 0.438. The number of carbonyl (C=O) groups is 1. The second-order valence-corrected chi connectivity index (χ2v) is 8.20. The second-order valence-electron chi connectivity index (χ2n) is 7.33. The van der Waals surface area contributed by atoms with Crippen molar-refractivity contribution >= 4 is 28.4 Å². The van der Waals surface area contributed by atoms with Gasteiger partial charge in [0.2, 0.25) is 5.91 Å². The molecule has 3 heterocycles. The van der Waals surface area contributed by atoms with Crippen LogP contribution in [0.5, 0.6) is 0 Å². The molecule has 0 aliphatic rings. The first-order chi connectivity index (χ1) is 15.4. The third-order valence-corrected chi connectivity index (χ3v) is 5.98. The van der Waals surface area contributed by atoms with Crippen molar-refractivity contribution in [1.29, 1.82) is 0 Å². The number of imidazole rings is 1. The van der Waals surface area contributed by atoms with Crippen molar-refractivity contribution in [3.63, 3.8) is 0 Å². The summed E-state index contributed by atoms with van der Waals surface area (Å²) in [7, 11) is 2.98. The van der Waals surface area contributed by atoms with E-state index < -0.39 is 11.2 Å². The van der Waals surface area contributed by atoms with Gasteiger partial charge in [0, 0.05) is 44.2 Å². The third kappa shape index (κ3) is 4.11. The molecule has 0 fully saturated rings. The van der Waals surface area contributed by atoms with Crippen LogP contribution in [-0.4, -0.2) is 29.2 Å². The van der Waals surface area contributed by atoms with Crippen LogP contribution in [0.3, 0.4) is 0 Å². The highest BCUT2D eigenvalue weighted by atomic mass is 32.1. The summed E-state index contributed by atoms with van der Waals surface area (Å²) in [6.07, 6.45) is 3.87. The molecule has 0 atom stereocenters. The molecule has 166 valence electrons. The molecule has 4 rings (SSSR count). The number of nitrogens with zero attached hydrogens (tertiary/aromatic N) is 6. The summed E-state index contributed by atoms with van der Waals surface area (Å²) >= 11 is 1.30. The van der Waals surface area contributed by atoms with Crippen LogP contribution in [0.25, 0.3) is 11.2 Å². The van der Waals surface area contributed by atoms with Gasteiger partial charge in [0.15, 0.2) is 16.0 Å². The second kappa shape index (κ2) is 8.87. The first-order valence-electron chi connectivity index (χ1n) is 9.92. The average Bonchev–Trinajstić information content (AvgIpc) is 3.39. The summed E-state index contributed by atoms with van der Waals surface area (Å²) in [6, 6.07) is 6.49. The Morgan fingerprint density at radius 3 is 2.72 bits per heavy atom. The van der Waals surface area contributed by atoms with Crippen molar-refractivity contribution < 1.29 is 9.18 Å². The van der Waals surface area contributed by atoms with Crippen LogP contribution in [-0.2, 0) is 32.0 Å². The van der Waals surface area contributed by atoms with Crippen molar-refractivity contribution in [1.82, 2.24) is 23.3 Å². The van der Waals surface area contributed by atoms with Crippen LogP contribution in [0.2, 0.25) is 0 Å². The maximum atomic E-state index is 13.9. The minimum absolute atomic E-state index is 0.170. The van der Waals surface area contributed by atoms with Gasteiger partial charge in [-0.15, -0.1) is 11.3 Å². The number of thiazole rings is 1. The van der Waals surface area contributed by atoms with E-state index in [2.05, 4.69) is 9.98 Å². The van der Waals surface area contributed by atoms with E-state index in [9.17, 15) is 18.8 Å². The van der Waals surface area contributed by atoms with E-state index in [-0.39, 0.29) is 24.7 Å². The van der Waals surface area contributed by atoms with Crippen LogP contribution in [0, 0.1) is 5.82 Å².